The maximum absolute atomic E-state index is 5.10. The number of hydrogen-bond donors (Lipinski definition) is 1. The summed E-state index contributed by atoms with van der Waals surface area (Å²) in [5.74, 6) is 1.18. The number of aryl methyl sites for hydroxylation is 2. The second-order valence-electron chi connectivity index (χ2n) is 3.53. The molecule has 86 valence electrons. The van der Waals surface area contributed by atoms with Crippen LogP contribution < -0.4 is 5.32 Å². The van der Waals surface area contributed by atoms with Gasteiger partial charge in [-0.25, -0.2) is 0 Å². The third-order valence-corrected chi connectivity index (χ3v) is 2.31. The second-order valence-corrected chi connectivity index (χ2v) is 3.53. The van der Waals surface area contributed by atoms with Gasteiger partial charge in [-0.2, -0.15) is 10.1 Å². The maximum Gasteiger partial charge on any atom is 0.240 e. The topological polar surface area (TPSA) is 68.8 Å². The molecule has 0 aromatic carbocycles. The van der Waals surface area contributed by atoms with Gasteiger partial charge in [0, 0.05) is 12.7 Å². The summed E-state index contributed by atoms with van der Waals surface area (Å²) in [7, 11) is 1.84. The Morgan fingerprint density at radius 3 is 2.94 bits per heavy atom. The van der Waals surface area contributed by atoms with E-state index >= 15 is 0 Å². The van der Waals surface area contributed by atoms with E-state index in [1.54, 1.807) is 0 Å². The summed E-state index contributed by atoms with van der Waals surface area (Å²) in [6.07, 6.45) is 1.93. The van der Waals surface area contributed by atoms with E-state index in [0.717, 1.165) is 17.8 Å². The molecule has 2 heterocycles. The smallest absolute Gasteiger partial charge is 0.240 e. The maximum atomic E-state index is 5.10. The molecule has 0 bridgehead atoms. The Kier molecular flexibility index (Phi) is 3.00. The van der Waals surface area contributed by atoms with Crippen molar-refractivity contribution in [3.05, 3.63) is 17.8 Å². The van der Waals surface area contributed by atoms with E-state index in [0.29, 0.717) is 18.3 Å². The molecular formula is C10H15N5O. The summed E-state index contributed by atoms with van der Waals surface area (Å²) < 4.78 is 6.96. The Hall–Kier alpha value is -1.69. The molecule has 0 aliphatic heterocycles. The molecule has 0 saturated carbocycles. The Morgan fingerprint density at radius 2 is 2.31 bits per heavy atom. The molecule has 6 heteroatoms. The molecule has 2 aromatic rings. The van der Waals surface area contributed by atoms with Crippen LogP contribution in [0.15, 0.2) is 10.7 Å². The van der Waals surface area contributed by atoms with Crippen molar-refractivity contribution in [3.8, 4) is 11.4 Å². The molecule has 2 rings (SSSR count). The highest BCUT2D eigenvalue weighted by Gasteiger charge is 2.13. The van der Waals surface area contributed by atoms with Gasteiger partial charge in [-0.15, -0.1) is 0 Å². The third-order valence-electron chi connectivity index (χ3n) is 2.31. The molecule has 0 atom stereocenters. The molecule has 0 amide bonds. The van der Waals surface area contributed by atoms with Gasteiger partial charge in [0.1, 0.15) is 0 Å². The third kappa shape index (κ3) is 1.96. The van der Waals surface area contributed by atoms with Crippen LogP contribution >= 0.6 is 0 Å². The molecule has 0 spiro atoms. The minimum absolute atomic E-state index is 0.577. The highest BCUT2D eigenvalue weighted by molar-refractivity contribution is 5.55. The zero-order valence-electron chi connectivity index (χ0n) is 9.69. The highest BCUT2D eigenvalue weighted by atomic mass is 16.5. The van der Waals surface area contributed by atoms with Crippen molar-refractivity contribution in [2.24, 2.45) is 0 Å². The largest absolute Gasteiger partial charge is 0.338 e. The normalized spacial score (nSPS) is 10.9. The summed E-state index contributed by atoms with van der Waals surface area (Å²) >= 11 is 0. The number of aromatic nitrogens is 4. The van der Waals surface area contributed by atoms with E-state index in [-0.39, 0.29) is 0 Å². The van der Waals surface area contributed by atoms with Crippen molar-refractivity contribution in [1.29, 1.82) is 0 Å². The summed E-state index contributed by atoms with van der Waals surface area (Å²) in [4.78, 5) is 4.29. The Bertz CT molecular complexity index is 473. The quantitative estimate of drug-likeness (QED) is 0.833. The van der Waals surface area contributed by atoms with Crippen molar-refractivity contribution in [3.63, 3.8) is 0 Å². The van der Waals surface area contributed by atoms with Crippen molar-refractivity contribution in [1.82, 2.24) is 25.2 Å². The van der Waals surface area contributed by atoms with E-state index in [4.69, 9.17) is 4.52 Å². The highest BCUT2D eigenvalue weighted by Crippen LogP contribution is 2.19. The van der Waals surface area contributed by atoms with Gasteiger partial charge >= 0.3 is 0 Å². The van der Waals surface area contributed by atoms with Gasteiger partial charge in [0.05, 0.1) is 17.8 Å². The SMILES string of the molecule is CCn1cc(-c2noc(CNC)n2)c(C)n1. The Balaban J connectivity index is 2.30. The lowest BCUT2D eigenvalue weighted by atomic mass is 10.2. The number of rotatable bonds is 4. The molecule has 16 heavy (non-hydrogen) atoms. The first kappa shape index (κ1) is 10.8. The number of hydrogen-bond acceptors (Lipinski definition) is 5. The molecule has 0 radical (unpaired) electrons. The summed E-state index contributed by atoms with van der Waals surface area (Å²) in [6.45, 7) is 5.39. The lowest BCUT2D eigenvalue weighted by Gasteiger charge is -1.89. The standard InChI is InChI=1S/C10H15N5O/c1-4-15-6-8(7(2)13-15)10-12-9(5-11-3)16-14-10/h6,11H,4-5H2,1-3H3. The van der Waals surface area contributed by atoms with Crippen LogP contribution in [0.4, 0.5) is 0 Å². The fraction of sp³-hybridized carbons (Fsp3) is 0.500. The van der Waals surface area contributed by atoms with Crippen LogP contribution in [0.5, 0.6) is 0 Å². The lowest BCUT2D eigenvalue weighted by Crippen LogP contribution is -2.04. The molecule has 0 saturated heterocycles. The molecule has 1 N–H and O–H groups in total. The summed E-state index contributed by atoms with van der Waals surface area (Å²) in [5.41, 5.74) is 1.84. The van der Waals surface area contributed by atoms with Crippen molar-refractivity contribution in [2.75, 3.05) is 7.05 Å². The fourth-order valence-electron chi connectivity index (χ4n) is 1.49. The average Bonchev–Trinajstić information content (AvgIpc) is 2.85. The predicted octanol–water partition coefficient (Wildman–Crippen LogP) is 0.981. The zero-order chi connectivity index (χ0) is 11.5. The Morgan fingerprint density at radius 1 is 1.50 bits per heavy atom. The minimum atomic E-state index is 0.577. The molecule has 6 nitrogen and oxygen atoms in total. The Labute approximate surface area is 93.7 Å². The van der Waals surface area contributed by atoms with Gasteiger partial charge < -0.3 is 9.84 Å². The van der Waals surface area contributed by atoms with Crippen LogP contribution in [0, 0.1) is 6.92 Å². The lowest BCUT2D eigenvalue weighted by molar-refractivity contribution is 0.372. The average molecular weight is 221 g/mol. The summed E-state index contributed by atoms with van der Waals surface area (Å²) in [5, 5.41) is 11.2. The van der Waals surface area contributed by atoms with Gasteiger partial charge in [0.25, 0.3) is 0 Å². The van der Waals surface area contributed by atoms with Crippen LogP contribution in [-0.4, -0.2) is 27.0 Å². The molecule has 2 aromatic heterocycles. The monoisotopic (exact) mass is 221 g/mol. The van der Waals surface area contributed by atoms with Crippen LogP contribution in [-0.2, 0) is 13.1 Å². The molecule has 0 unspecified atom stereocenters. The number of nitrogens with zero attached hydrogens (tertiary/aromatic N) is 4. The molecular weight excluding hydrogens is 206 g/mol. The van der Waals surface area contributed by atoms with E-state index in [2.05, 4.69) is 20.6 Å². The van der Waals surface area contributed by atoms with E-state index in [1.807, 2.05) is 31.8 Å². The van der Waals surface area contributed by atoms with E-state index in [1.165, 1.54) is 0 Å². The van der Waals surface area contributed by atoms with E-state index in [9.17, 15) is 0 Å². The number of nitrogens with one attached hydrogen (secondary N) is 1. The predicted molar refractivity (Wildman–Crippen MR) is 58.7 cm³/mol. The van der Waals surface area contributed by atoms with E-state index < -0.39 is 0 Å². The first-order chi connectivity index (χ1) is 7.74. The van der Waals surface area contributed by atoms with Crippen molar-refractivity contribution < 1.29 is 4.52 Å². The first-order valence-electron chi connectivity index (χ1n) is 5.26. The van der Waals surface area contributed by atoms with Gasteiger partial charge in [0.2, 0.25) is 11.7 Å². The summed E-state index contributed by atoms with van der Waals surface area (Å²) in [6, 6.07) is 0. The van der Waals surface area contributed by atoms with Crippen LogP contribution in [0.1, 0.15) is 18.5 Å². The van der Waals surface area contributed by atoms with Gasteiger partial charge in [-0.1, -0.05) is 5.16 Å². The van der Waals surface area contributed by atoms with Crippen molar-refractivity contribution in [2.45, 2.75) is 26.9 Å². The first-order valence-corrected chi connectivity index (χ1v) is 5.26. The molecule has 0 fully saturated rings. The van der Waals surface area contributed by atoms with Gasteiger partial charge in [-0.05, 0) is 20.9 Å². The van der Waals surface area contributed by atoms with Crippen molar-refractivity contribution >= 4 is 0 Å². The van der Waals surface area contributed by atoms with Crippen LogP contribution in [0.2, 0.25) is 0 Å². The minimum Gasteiger partial charge on any atom is -0.338 e. The zero-order valence-corrected chi connectivity index (χ0v) is 9.69. The molecule has 0 aliphatic carbocycles. The second kappa shape index (κ2) is 4.44. The van der Waals surface area contributed by atoms with Crippen LogP contribution in [0.25, 0.3) is 11.4 Å². The molecule has 0 aliphatic rings. The van der Waals surface area contributed by atoms with Gasteiger partial charge in [0.15, 0.2) is 0 Å². The van der Waals surface area contributed by atoms with Crippen LogP contribution in [0.3, 0.4) is 0 Å². The van der Waals surface area contributed by atoms with Gasteiger partial charge in [-0.3, -0.25) is 4.68 Å². The fourth-order valence-corrected chi connectivity index (χ4v) is 1.49.